The van der Waals surface area contributed by atoms with Gasteiger partial charge in [0.25, 0.3) is 0 Å². The van der Waals surface area contributed by atoms with Crippen molar-refractivity contribution in [2.75, 3.05) is 0 Å². The maximum absolute atomic E-state index is 12.8. The molecule has 0 N–H and O–H groups in total. The van der Waals surface area contributed by atoms with Crippen LogP contribution in [0, 0.1) is 6.92 Å². The molecule has 24 heavy (non-hydrogen) atoms. The molecular weight excluding hydrogens is 324 g/mol. The zero-order valence-corrected chi connectivity index (χ0v) is 15.2. The number of nitrogens with zero attached hydrogens (tertiary/aromatic N) is 2. The molecule has 3 rings (SSSR count). The van der Waals surface area contributed by atoms with Gasteiger partial charge in [0.2, 0.25) is 10.0 Å². The first-order valence-electron chi connectivity index (χ1n) is 8.36. The van der Waals surface area contributed by atoms with E-state index in [9.17, 15) is 8.42 Å². The normalized spacial score (nSPS) is 15.4. The van der Waals surface area contributed by atoms with E-state index in [1.807, 2.05) is 12.1 Å². The van der Waals surface area contributed by atoms with E-state index in [4.69, 9.17) is 4.52 Å². The Morgan fingerprint density at radius 1 is 1.25 bits per heavy atom. The van der Waals surface area contributed by atoms with E-state index >= 15 is 0 Å². The molecule has 0 atom stereocenters. The average Bonchev–Trinajstić information content (AvgIpc) is 3.28. The highest BCUT2D eigenvalue weighted by atomic mass is 32.2. The van der Waals surface area contributed by atoms with Crippen molar-refractivity contribution >= 4 is 10.0 Å². The molecule has 5 nitrogen and oxygen atoms in total. The second kappa shape index (κ2) is 6.69. The fourth-order valence-corrected chi connectivity index (χ4v) is 4.42. The van der Waals surface area contributed by atoms with E-state index in [2.05, 4.69) is 31.1 Å². The van der Waals surface area contributed by atoms with Crippen LogP contribution < -0.4 is 0 Å². The van der Waals surface area contributed by atoms with Crippen LogP contribution in [0.2, 0.25) is 0 Å². The van der Waals surface area contributed by atoms with Gasteiger partial charge < -0.3 is 4.52 Å². The summed E-state index contributed by atoms with van der Waals surface area (Å²) in [6.07, 6.45) is 1.86. The Kier molecular flexibility index (Phi) is 4.78. The second-order valence-corrected chi connectivity index (χ2v) is 8.79. The number of aromatic nitrogens is 1. The molecule has 1 aliphatic carbocycles. The largest absolute Gasteiger partial charge is 0.360 e. The molecule has 0 radical (unpaired) electrons. The summed E-state index contributed by atoms with van der Waals surface area (Å²) in [5.41, 5.74) is 2.97. The van der Waals surface area contributed by atoms with Gasteiger partial charge in [0, 0.05) is 18.7 Å². The molecule has 1 heterocycles. The van der Waals surface area contributed by atoms with Crippen LogP contribution in [-0.4, -0.2) is 23.9 Å². The van der Waals surface area contributed by atoms with Gasteiger partial charge in [-0.05, 0) is 36.8 Å². The number of benzene rings is 1. The Hall–Kier alpha value is -1.66. The highest BCUT2D eigenvalue weighted by molar-refractivity contribution is 7.88. The van der Waals surface area contributed by atoms with Gasteiger partial charge in [-0.1, -0.05) is 43.3 Å². The Balaban J connectivity index is 1.76. The molecule has 1 aromatic heterocycles. The lowest BCUT2D eigenvalue weighted by Crippen LogP contribution is -2.33. The zero-order chi connectivity index (χ0) is 17.3. The first-order valence-corrected chi connectivity index (χ1v) is 9.96. The van der Waals surface area contributed by atoms with Crippen molar-refractivity contribution in [2.45, 2.75) is 57.9 Å². The van der Waals surface area contributed by atoms with E-state index in [-0.39, 0.29) is 11.8 Å². The minimum absolute atomic E-state index is 0.115. The summed E-state index contributed by atoms with van der Waals surface area (Å²) in [7, 11) is -3.42. The smallest absolute Gasteiger partial charge is 0.222 e. The number of hydrogen-bond acceptors (Lipinski definition) is 4. The summed E-state index contributed by atoms with van der Waals surface area (Å²) in [4.78, 5) is 0. The molecule has 6 heteroatoms. The van der Waals surface area contributed by atoms with E-state index < -0.39 is 10.0 Å². The summed E-state index contributed by atoms with van der Waals surface area (Å²) in [5.74, 6) is 0.735. The molecule has 0 aliphatic heterocycles. The van der Waals surface area contributed by atoms with Crippen molar-refractivity contribution in [1.82, 2.24) is 9.46 Å². The highest BCUT2D eigenvalue weighted by Gasteiger charge is 2.37. The van der Waals surface area contributed by atoms with Gasteiger partial charge in [-0.2, -0.15) is 4.31 Å². The van der Waals surface area contributed by atoms with Crippen molar-refractivity contribution in [3.05, 3.63) is 52.9 Å². The maximum atomic E-state index is 12.8. The molecular formula is C18H24N2O3S. The molecule has 2 aromatic rings. The quantitative estimate of drug-likeness (QED) is 0.767. The highest BCUT2D eigenvalue weighted by Crippen LogP contribution is 2.32. The van der Waals surface area contributed by atoms with Crippen molar-refractivity contribution in [3.63, 3.8) is 0 Å². The first-order chi connectivity index (χ1) is 11.3. The summed E-state index contributed by atoms with van der Waals surface area (Å²) in [6, 6.07) is 10.0. The fraction of sp³-hybridized carbons (Fsp3) is 0.500. The first kappa shape index (κ1) is 17.2. The summed E-state index contributed by atoms with van der Waals surface area (Å²) in [5, 5.41) is 3.77. The topological polar surface area (TPSA) is 63.4 Å². The summed E-state index contributed by atoms with van der Waals surface area (Å²) >= 11 is 0. The van der Waals surface area contributed by atoms with Gasteiger partial charge >= 0.3 is 0 Å². The average molecular weight is 348 g/mol. The molecule has 1 fully saturated rings. The zero-order valence-electron chi connectivity index (χ0n) is 14.4. The van der Waals surface area contributed by atoms with Crippen LogP contribution in [0.5, 0.6) is 0 Å². The van der Waals surface area contributed by atoms with Crippen LogP contribution in [0.15, 0.2) is 34.9 Å². The van der Waals surface area contributed by atoms with Crippen LogP contribution in [-0.2, 0) is 22.3 Å². The van der Waals surface area contributed by atoms with Crippen molar-refractivity contribution in [2.24, 2.45) is 0 Å². The van der Waals surface area contributed by atoms with E-state index in [0.717, 1.165) is 18.4 Å². The minimum Gasteiger partial charge on any atom is -0.360 e. The SMILES string of the molecule is Cc1cc(CS(=O)(=O)N(Cc2ccc(C(C)C)cc2)C2CC2)on1. The Morgan fingerprint density at radius 3 is 2.42 bits per heavy atom. The number of aryl methyl sites for hydroxylation is 1. The Morgan fingerprint density at radius 2 is 1.92 bits per heavy atom. The van der Waals surface area contributed by atoms with Gasteiger partial charge in [0.05, 0.1) is 5.69 Å². The van der Waals surface area contributed by atoms with Gasteiger partial charge in [-0.3, -0.25) is 0 Å². The van der Waals surface area contributed by atoms with Crippen molar-refractivity contribution in [1.29, 1.82) is 0 Å². The fourth-order valence-electron chi connectivity index (χ4n) is 2.75. The molecule has 0 bridgehead atoms. The van der Waals surface area contributed by atoms with Crippen LogP contribution >= 0.6 is 0 Å². The number of hydrogen-bond donors (Lipinski definition) is 0. The van der Waals surface area contributed by atoms with Gasteiger partial charge in [-0.25, -0.2) is 8.42 Å². The standard InChI is InChI=1S/C18H24N2O3S/c1-13(2)16-6-4-15(5-7-16)11-20(17-8-9-17)24(21,22)12-18-10-14(3)19-23-18/h4-7,10,13,17H,8-9,11-12H2,1-3H3. The van der Waals surface area contributed by atoms with Gasteiger partial charge in [0.1, 0.15) is 5.75 Å². The Bertz CT molecular complexity index is 790. The van der Waals surface area contributed by atoms with E-state index in [1.165, 1.54) is 5.56 Å². The lowest BCUT2D eigenvalue weighted by atomic mass is 10.0. The maximum Gasteiger partial charge on any atom is 0.222 e. The summed E-state index contributed by atoms with van der Waals surface area (Å²) < 4.78 is 32.3. The van der Waals surface area contributed by atoms with E-state index in [0.29, 0.717) is 23.9 Å². The van der Waals surface area contributed by atoms with Crippen LogP contribution in [0.1, 0.15) is 55.2 Å². The monoisotopic (exact) mass is 348 g/mol. The predicted molar refractivity (Wildman–Crippen MR) is 93.0 cm³/mol. The Labute approximate surface area is 143 Å². The summed E-state index contributed by atoms with van der Waals surface area (Å²) in [6.45, 7) is 6.50. The molecule has 1 aromatic carbocycles. The van der Waals surface area contributed by atoms with Crippen LogP contribution in [0.3, 0.4) is 0 Å². The molecule has 0 spiro atoms. The molecule has 0 saturated heterocycles. The van der Waals surface area contributed by atoms with Crippen LogP contribution in [0.25, 0.3) is 0 Å². The number of sulfonamides is 1. The third-order valence-corrected chi connectivity index (χ3v) is 6.09. The van der Waals surface area contributed by atoms with Gasteiger partial charge in [-0.15, -0.1) is 0 Å². The molecule has 0 amide bonds. The predicted octanol–water partition coefficient (Wildman–Crippen LogP) is 3.60. The van der Waals surface area contributed by atoms with Crippen molar-refractivity contribution < 1.29 is 12.9 Å². The van der Waals surface area contributed by atoms with Crippen LogP contribution in [0.4, 0.5) is 0 Å². The van der Waals surface area contributed by atoms with E-state index in [1.54, 1.807) is 17.3 Å². The second-order valence-electron chi connectivity index (χ2n) is 6.86. The molecule has 1 saturated carbocycles. The minimum atomic E-state index is -3.42. The lowest BCUT2D eigenvalue weighted by Gasteiger charge is -2.21. The van der Waals surface area contributed by atoms with Gasteiger partial charge in [0.15, 0.2) is 5.76 Å². The van der Waals surface area contributed by atoms with Crippen molar-refractivity contribution in [3.8, 4) is 0 Å². The third kappa shape index (κ3) is 4.05. The molecule has 0 unspecified atom stereocenters. The third-order valence-electron chi connectivity index (χ3n) is 4.30. The lowest BCUT2D eigenvalue weighted by molar-refractivity contribution is 0.373. The number of rotatable bonds is 7. The molecule has 1 aliphatic rings. The molecule has 130 valence electrons.